The highest BCUT2D eigenvalue weighted by atomic mass is 19.1. The first-order valence-corrected chi connectivity index (χ1v) is 7.66. The van der Waals surface area contributed by atoms with Gasteiger partial charge >= 0.3 is 6.03 Å². The molecule has 120 valence electrons. The number of hydrogen-bond donors (Lipinski definition) is 2. The number of halogens is 1. The highest BCUT2D eigenvalue weighted by Gasteiger charge is 2.23. The van der Waals surface area contributed by atoms with Gasteiger partial charge in [-0.2, -0.15) is 0 Å². The molecule has 1 atom stereocenters. The standard InChI is InChI=1S/C16H22FN3O2/c1-2-15(21)18-10-12-4-3-9-20(11-12)16(22)19-14-7-5-13(17)6-8-14/h5-8,12H,2-4,9-11H2,1H3,(H,18,21)(H,19,22)/t12-/m1/s1. The Bertz CT molecular complexity index is 519. The number of likely N-dealkylation sites (tertiary alicyclic amines) is 1. The van der Waals surface area contributed by atoms with Crippen LogP contribution in [-0.2, 0) is 4.79 Å². The largest absolute Gasteiger partial charge is 0.356 e. The van der Waals surface area contributed by atoms with Crippen molar-refractivity contribution in [3.05, 3.63) is 30.1 Å². The molecule has 2 rings (SSSR count). The first kappa shape index (κ1) is 16.3. The predicted octanol–water partition coefficient (Wildman–Crippen LogP) is 2.60. The molecule has 1 heterocycles. The van der Waals surface area contributed by atoms with Gasteiger partial charge in [-0.25, -0.2) is 9.18 Å². The quantitative estimate of drug-likeness (QED) is 0.898. The van der Waals surface area contributed by atoms with Gasteiger partial charge in [0.15, 0.2) is 0 Å². The molecule has 0 aliphatic carbocycles. The summed E-state index contributed by atoms with van der Waals surface area (Å²) in [4.78, 5) is 25.3. The molecular weight excluding hydrogens is 285 g/mol. The van der Waals surface area contributed by atoms with Crippen LogP contribution >= 0.6 is 0 Å². The van der Waals surface area contributed by atoms with Gasteiger partial charge in [-0.1, -0.05) is 6.92 Å². The van der Waals surface area contributed by atoms with Gasteiger partial charge in [0.25, 0.3) is 0 Å². The second-order valence-corrected chi connectivity index (χ2v) is 5.55. The zero-order valence-electron chi connectivity index (χ0n) is 12.8. The number of urea groups is 1. The van der Waals surface area contributed by atoms with Crippen LogP contribution in [-0.4, -0.2) is 36.5 Å². The average Bonchev–Trinajstić information content (AvgIpc) is 2.55. The average molecular weight is 307 g/mol. The number of benzene rings is 1. The molecule has 5 nitrogen and oxygen atoms in total. The minimum absolute atomic E-state index is 0.0351. The molecule has 1 aliphatic heterocycles. The smallest absolute Gasteiger partial charge is 0.321 e. The monoisotopic (exact) mass is 307 g/mol. The molecule has 1 fully saturated rings. The first-order chi connectivity index (χ1) is 10.6. The van der Waals surface area contributed by atoms with Crippen LogP contribution in [0.4, 0.5) is 14.9 Å². The van der Waals surface area contributed by atoms with Crippen molar-refractivity contribution in [2.45, 2.75) is 26.2 Å². The number of carbonyl (C=O) groups excluding carboxylic acids is 2. The maximum Gasteiger partial charge on any atom is 0.321 e. The number of anilines is 1. The third-order valence-corrected chi connectivity index (χ3v) is 3.81. The van der Waals surface area contributed by atoms with Crippen LogP contribution in [0, 0.1) is 11.7 Å². The van der Waals surface area contributed by atoms with Crippen molar-refractivity contribution in [3.8, 4) is 0 Å². The van der Waals surface area contributed by atoms with Crippen molar-refractivity contribution < 1.29 is 14.0 Å². The van der Waals surface area contributed by atoms with E-state index in [0.717, 1.165) is 12.8 Å². The number of nitrogens with one attached hydrogen (secondary N) is 2. The topological polar surface area (TPSA) is 61.4 Å². The summed E-state index contributed by atoms with van der Waals surface area (Å²) >= 11 is 0. The Morgan fingerprint density at radius 3 is 2.73 bits per heavy atom. The summed E-state index contributed by atoms with van der Waals surface area (Å²) in [5, 5.41) is 5.65. The summed E-state index contributed by atoms with van der Waals surface area (Å²) in [5.74, 6) is -0.0150. The van der Waals surface area contributed by atoms with E-state index in [0.29, 0.717) is 31.7 Å². The Labute approximate surface area is 129 Å². The van der Waals surface area contributed by atoms with Crippen LogP contribution in [0.1, 0.15) is 26.2 Å². The highest BCUT2D eigenvalue weighted by Crippen LogP contribution is 2.17. The molecule has 0 aromatic heterocycles. The van der Waals surface area contributed by atoms with Crippen LogP contribution < -0.4 is 10.6 Å². The Morgan fingerprint density at radius 1 is 1.32 bits per heavy atom. The van der Waals surface area contributed by atoms with E-state index in [-0.39, 0.29) is 23.7 Å². The minimum Gasteiger partial charge on any atom is -0.356 e. The van der Waals surface area contributed by atoms with Gasteiger partial charge in [0.05, 0.1) is 0 Å². The van der Waals surface area contributed by atoms with E-state index in [2.05, 4.69) is 10.6 Å². The molecule has 0 bridgehead atoms. The van der Waals surface area contributed by atoms with Crippen molar-refractivity contribution in [2.24, 2.45) is 5.92 Å². The zero-order valence-corrected chi connectivity index (χ0v) is 12.8. The maximum absolute atomic E-state index is 12.9. The lowest BCUT2D eigenvalue weighted by molar-refractivity contribution is -0.121. The predicted molar refractivity (Wildman–Crippen MR) is 83.0 cm³/mol. The van der Waals surface area contributed by atoms with Crippen LogP contribution in [0.3, 0.4) is 0 Å². The molecule has 2 N–H and O–H groups in total. The second kappa shape index (κ2) is 7.77. The van der Waals surface area contributed by atoms with Crippen molar-refractivity contribution >= 4 is 17.6 Å². The number of rotatable bonds is 4. The maximum atomic E-state index is 12.9. The molecule has 0 unspecified atom stereocenters. The van der Waals surface area contributed by atoms with E-state index >= 15 is 0 Å². The lowest BCUT2D eigenvalue weighted by Crippen LogP contribution is -2.45. The van der Waals surface area contributed by atoms with Gasteiger partial charge in [-0.05, 0) is 43.0 Å². The molecule has 0 spiro atoms. The molecule has 22 heavy (non-hydrogen) atoms. The molecule has 1 aromatic carbocycles. The first-order valence-electron chi connectivity index (χ1n) is 7.66. The summed E-state index contributed by atoms with van der Waals surface area (Å²) in [6.45, 7) is 3.74. The van der Waals surface area contributed by atoms with Gasteiger partial charge in [-0.15, -0.1) is 0 Å². The van der Waals surface area contributed by atoms with E-state index in [1.165, 1.54) is 24.3 Å². The molecule has 3 amide bonds. The number of hydrogen-bond acceptors (Lipinski definition) is 2. The summed E-state index contributed by atoms with van der Waals surface area (Å²) in [6.07, 6.45) is 2.40. The molecule has 1 saturated heterocycles. The van der Waals surface area contributed by atoms with Crippen LogP contribution in [0.25, 0.3) is 0 Å². The van der Waals surface area contributed by atoms with E-state index in [1.54, 1.807) is 4.90 Å². The highest BCUT2D eigenvalue weighted by molar-refractivity contribution is 5.89. The van der Waals surface area contributed by atoms with E-state index < -0.39 is 0 Å². The lowest BCUT2D eigenvalue weighted by Gasteiger charge is -2.32. The van der Waals surface area contributed by atoms with E-state index in [9.17, 15) is 14.0 Å². The van der Waals surface area contributed by atoms with Gasteiger partial charge < -0.3 is 15.5 Å². The molecule has 0 saturated carbocycles. The Balaban J connectivity index is 1.84. The zero-order chi connectivity index (χ0) is 15.9. The summed E-state index contributed by atoms with van der Waals surface area (Å²) in [6, 6.07) is 5.52. The summed E-state index contributed by atoms with van der Waals surface area (Å²) in [5.41, 5.74) is 0.577. The summed E-state index contributed by atoms with van der Waals surface area (Å²) in [7, 11) is 0. The van der Waals surface area contributed by atoms with Gasteiger partial charge in [0.2, 0.25) is 5.91 Å². The molecule has 1 aromatic rings. The van der Waals surface area contributed by atoms with Crippen LogP contribution in [0.2, 0.25) is 0 Å². The molecule has 6 heteroatoms. The van der Waals surface area contributed by atoms with Crippen LogP contribution in [0.5, 0.6) is 0 Å². The fourth-order valence-electron chi connectivity index (χ4n) is 2.54. The Morgan fingerprint density at radius 2 is 2.05 bits per heavy atom. The molecule has 0 radical (unpaired) electrons. The molecular formula is C16H22FN3O2. The van der Waals surface area contributed by atoms with Gasteiger partial charge in [0.1, 0.15) is 5.82 Å². The van der Waals surface area contributed by atoms with E-state index in [1.807, 2.05) is 6.92 Å². The Hall–Kier alpha value is -2.11. The van der Waals surface area contributed by atoms with Gasteiger partial charge in [0, 0.05) is 31.7 Å². The third-order valence-electron chi connectivity index (χ3n) is 3.81. The number of carbonyl (C=O) groups is 2. The van der Waals surface area contributed by atoms with E-state index in [4.69, 9.17) is 0 Å². The van der Waals surface area contributed by atoms with Crippen molar-refractivity contribution in [1.29, 1.82) is 0 Å². The number of piperidine rings is 1. The lowest BCUT2D eigenvalue weighted by atomic mass is 9.98. The fourth-order valence-corrected chi connectivity index (χ4v) is 2.54. The number of amides is 3. The minimum atomic E-state index is -0.331. The number of nitrogens with zero attached hydrogens (tertiary/aromatic N) is 1. The summed E-state index contributed by atoms with van der Waals surface area (Å²) < 4.78 is 12.9. The van der Waals surface area contributed by atoms with Crippen molar-refractivity contribution in [2.75, 3.05) is 25.0 Å². The Kier molecular flexibility index (Phi) is 5.75. The third kappa shape index (κ3) is 4.72. The fraction of sp³-hybridized carbons (Fsp3) is 0.500. The second-order valence-electron chi connectivity index (χ2n) is 5.55. The SMILES string of the molecule is CCC(=O)NC[C@H]1CCCN(C(=O)Nc2ccc(F)cc2)C1. The van der Waals surface area contributed by atoms with Crippen molar-refractivity contribution in [1.82, 2.24) is 10.2 Å². The van der Waals surface area contributed by atoms with Crippen molar-refractivity contribution in [3.63, 3.8) is 0 Å². The molecule has 1 aliphatic rings. The normalized spacial score (nSPS) is 17.9. The van der Waals surface area contributed by atoms with Crippen LogP contribution in [0.15, 0.2) is 24.3 Å². The van der Waals surface area contributed by atoms with Gasteiger partial charge in [-0.3, -0.25) is 4.79 Å².